The summed E-state index contributed by atoms with van der Waals surface area (Å²) in [6, 6.07) is 61.8. The lowest BCUT2D eigenvalue weighted by Crippen LogP contribution is -2.33. The molecule has 23 heteroatoms. The Morgan fingerprint density at radius 2 is 0.464 bits per heavy atom. The monoisotopic (exact) mass is 1850 g/mol. The molecule has 0 saturated heterocycles. The summed E-state index contributed by atoms with van der Waals surface area (Å²) in [5.74, 6) is 2.06. The Hall–Kier alpha value is -15.3. The van der Waals surface area contributed by atoms with Gasteiger partial charge in [0.25, 0.3) is 0 Å². The first-order valence-electron chi connectivity index (χ1n) is 53.9. The lowest BCUT2D eigenvalue weighted by atomic mass is 10.1. The molecule has 0 amide bonds. The second-order valence-electron chi connectivity index (χ2n) is 32.9. The average molecular weight is 1860 g/mol. The fourth-order valence-electron chi connectivity index (χ4n) is 18.4. The first-order chi connectivity index (χ1) is 72.2. The van der Waals surface area contributed by atoms with E-state index in [1.54, 1.807) is 83.6 Å². The lowest BCUT2D eigenvalue weighted by Gasteiger charge is -2.26. The zero-order chi connectivity index (χ0) is 109. The zero-order valence-electron chi connectivity index (χ0n) is 95.4. The van der Waals surface area contributed by atoms with Gasteiger partial charge in [0.05, 0.1) is 107 Å². The number of nitrogens with zero attached hydrogens (tertiary/aromatic N) is 18. The van der Waals surface area contributed by atoms with E-state index in [0.29, 0.717) is 81.7 Å². The van der Waals surface area contributed by atoms with Crippen molar-refractivity contribution in [3.63, 3.8) is 0 Å². The van der Waals surface area contributed by atoms with Crippen LogP contribution in [0.2, 0.25) is 0 Å². The maximum absolute atomic E-state index is 8.67. The number of aromatic nitrogens is 8. The van der Waals surface area contributed by atoms with E-state index in [4.69, 9.17) is 39.9 Å². The molecule has 0 N–H and O–H groups in total. The van der Waals surface area contributed by atoms with Gasteiger partial charge in [0, 0.05) is 147 Å². The first kappa shape index (κ1) is 80.1. The number of fused-ring (bicyclic) bond motifs is 20. The molecule has 20 aromatic rings. The highest BCUT2D eigenvalue weighted by Crippen LogP contribution is 2.53. The minimum Gasteiger partial charge on any atom is -0.435 e. The number of benzene rings is 7. The number of hydrogen-bond donors (Lipinski definition) is 0. The van der Waals surface area contributed by atoms with Crippen LogP contribution in [0.5, 0.6) is 0 Å². The van der Waals surface area contributed by atoms with E-state index in [0.717, 1.165) is 156 Å². The quantitative estimate of drug-likeness (QED) is 0.132. The van der Waals surface area contributed by atoms with Crippen LogP contribution in [-0.2, 0) is 0 Å². The Morgan fingerprint density at radius 1 is 0.239 bits per heavy atom. The van der Waals surface area contributed by atoms with Crippen molar-refractivity contribution in [1.82, 2.24) is 39.9 Å². The molecule has 23 nitrogen and oxygen atoms in total. The van der Waals surface area contributed by atoms with Crippen LogP contribution >= 0.6 is 0 Å². The highest BCUT2D eigenvalue weighted by Gasteiger charge is 2.38. The van der Waals surface area contributed by atoms with Crippen molar-refractivity contribution in [3.8, 4) is 0 Å². The highest BCUT2D eigenvalue weighted by molar-refractivity contribution is 6.15. The van der Waals surface area contributed by atoms with Crippen molar-refractivity contribution in [1.29, 1.82) is 0 Å². The highest BCUT2D eigenvalue weighted by atomic mass is 16.4. The molecule has 25 rings (SSSR count). The molecule has 13 aromatic heterocycles. The summed E-state index contributed by atoms with van der Waals surface area (Å²) in [5, 5.41) is 9.76. The number of aryl methyl sites for hydroxylation is 5. The van der Waals surface area contributed by atoms with E-state index in [2.05, 4.69) is 110 Å². The topological polar surface area (TPSA) is 201 Å². The van der Waals surface area contributed by atoms with Crippen LogP contribution < -0.4 is 49.0 Å². The SMILES string of the molecule is CC.CC.CC.CC.CC.[2H]C(C)(C)N1CN(c2c(C)ccc3c2oc2ncccc23)c2ccccc21.[2H]C(C)(C)N1CN(c2c(C)ccc3c2oc2ncccc23)c2ncccc21.[2H]C([2H])([2H])C([2H])(C)N1CN(c2c(C)ccc3c2oc2ncccc23)c2ccccc21.[2H]C([2H])([2H])C([2H])(C)N1CN(c2c(C)ccc3c2oc2ncccc23)c2ncccc21.[2H]C([2H])([2H])N1CN(c2c(C)ccc3c2oc2ncccc23)c2ncccc21. The van der Waals surface area contributed by atoms with Crippen molar-refractivity contribution >= 4 is 196 Å². The van der Waals surface area contributed by atoms with Gasteiger partial charge in [-0.2, -0.15) is 0 Å². The molecular formula is C115H128N18O5. The smallest absolute Gasteiger partial charge is 0.227 e. The predicted molar refractivity (Wildman–Crippen MR) is 577 cm³/mol. The maximum atomic E-state index is 8.67. The number of pyridine rings is 8. The molecule has 2 atom stereocenters. The van der Waals surface area contributed by atoms with Gasteiger partial charge in [0.1, 0.15) is 0 Å². The predicted octanol–water partition coefficient (Wildman–Crippen LogP) is 30.6. The summed E-state index contributed by atoms with van der Waals surface area (Å²) < 4.78 is 136. The average Bonchev–Trinajstić information content (AvgIpc) is 1.53. The van der Waals surface area contributed by atoms with E-state index in [-0.39, 0.29) is 20.0 Å². The summed E-state index contributed by atoms with van der Waals surface area (Å²) in [5.41, 5.74) is 22.3. The van der Waals surface area contributed by atoms with Crippen LogP contribution in [0.25, 0.3) is 110 Å². The third-order valence-electron chi connectivity index (χ3n) is 24.5. The molecule has 0 aliphatic carbocycles. The van der Waals surface area contributed by atoms with Gasteiger partial charge < -0.3 is 71.1 Å². The fourth-order valence-corrected chi connectivity index (χ4v) is 18.4. The molecule has 0 saturated carbocycles. The van der Waals surface area contributed by atoms with Gasteiger partial charge in [0.2, 0.25) is 28.6 Å². The molecule has 708 valence electrons. The number of rotatable bonds is 9. The van der Waals surface area contributed by atoms with Gasteiger partial charge >= 0.3 is 0 Å². The van der Waals surface area contributed by atoms with Crippen molar-refractivity contribution in [2.75, 3.05) is 89.3 Å². The van der Waals surface area contributed by atoms with Gasteiger partial charge in [0.15, 0.2) is 45.4 Å². The Morgan fingerprint density at radius 3 is 0.754 bits per heavy atom. The summed E-state index contributed by atoms with van der Waals surface area (Å²) in [4.78, 5) is 54.4. The number of furan rings is 5. The van der Waals surface area contributed by atoms with Crippen LogP contribution in [0.15, 0.2) is 278 Å². The molecule has 2 unspecified atom stereocenters. The van der Waals surface area contributed by atoms with E-state index >= 15 is 0 Å². The molecule has 0 radical (unpaired) electrons. The van der Waals surface area contributed by atoms with Gasteiger partial charge in [-0.15, -0.1) is 0 Å². The van der Waals surface area contributed by atoms with Crippen molar-refractivity contribution < 1.29 is 39.9 Å². The molecule has 7 aromatic carbocycles. The van der Waals surface area contributed by atoms with Crippen LogP contribution in [0.3, 0.4) is 0 Å². The minimum absolute atomic E-state index is 0.174. The summed E-state index contributed by atoms with van der Waals surface area (Å²) in [6.07, 6.45) is 13.7. The van der Waals surface area contributed by atoms with E-state index in [1.807, 2.05) is 278 Å². The normalized spacial score (nSPS) is 15.8. The first-order valence-corrected chi connectivity index (χ1v) is 47.4. The molecule has 18 heterocycles. The second-order valence-corrected chi connectivity index (χ2v) is 32.9. The summed E-state index contributed by atoms with van der Waals surface area (Å²) in [7, 11) is 0. The summed E-state index contributed by atoms with van der Waals surface area (Å²) >= 11 is 0. The Kier molecular flexibility index (Phi) is 24.1. The van der Waals surface area contributed by atoms with Gasteiger partial charge in [-0.05, 0) is 239 Å². The standard InChI is InChI=1S/2C22H21N3O.2C21H20N4O.C19H16N4O.5C2H6/c2*1-14(2)24-13-25(19-9-5-4-8-18(19)24)20-15(3)10-11-16-17-7-6-12-23-22(17)26-21(16)20;2*1-13(2)24-12-25(20-17(24)7-5-10-22-20)18-14(3)8-9-15-16-6-4-11-23-21(16)26-19(15)18;1-12-7-8-13-14-5-3-10-21-19(14)24-17(13)16(12)23-11-22(2)15-6-4-9-20-18(15)23;5*1-2/h2*4-12,14H,13H2,1-3H3;2*4-11,13H,12H2,1-3H3;3-10H,11H2,1-2H3;5*1-2H3/i1D3,14D;14D;1D3,13D;13D;2D3;;;;;. The number of para-hydroxylation sites is 4. The van der Waals surface area contributed by atoms with Crippen molar-refractivity contribution in [3.05, 3.63) is 284 Å². The molecule has 5 aliphatic heterocycles. The number of anilines is 15. The molecule has 0 bridgehead atoms. The second kappa shape index (κ2) is 41.5. The molecule has 5 aliphatic rings. The van der Waals surface area contributed by atoms with Crippen molar-refractivity contribution in [2.24, 2.45) is 0 Å². The van der Waals surface area contributed by atoms with Gasteiger partial charge in [-0.25, -0.2) is 39.9 Å². The van der Waals surface area contributed by atoms with Gasteiger partial charge in [-0.1, -0.05) is 154 Å². The summed E-state index contributed by atoms with van der Waals surface area (Å²) in [6.45, 7) is 35.2. The minimum atomic E-state index is -2.50. The van der Waals surface area contributed by atoms with E-state index in [1.165, 1.54) is 18.7 Å². The lowest BCUT2D eigenvalue weighted by molar-refractivity contribution is 0.650. The third-order valence-corrected chi connectivity index (χ3v) is 24.5. The van der Waals surface area contributed by atoms with Crippen LogP contribution in [-0.4, -0.2) is 104 Å². The number of hydrogen-bond acceptors (Lipinski definition) is 23. The zero-order valence-corrected chi connectivity index (χ0v) is 82.4. The molecular weight excluding hydrogens is 1710 g/mol. The van der Waals surface area contributed by atoms with Crippen LogP contribution in [0.1, 0.15) is 170 Å². The van der Waals surface area contributed by atoms with Crippen LogP contribution in [0.4, 0.5) is 85.7 Å². The molecule has 0 fully saturated rings. The largest absolute Gasteiger partial charge is 0.435 e. The molecule has 138 heavy (non-hydrogen) atoms. The Balaban J connectivity index is 0.000000131. The van der Waals surface area contributed by atoms with Crippen molar-refractivity contribution in [2.45, 2.75) is 183 Å². The van der Waals surface area contributed by atoms with E-state index in [9.17, 15) is 0 Å². The Bertz CT molecular complexity index is 7690. The van der Waals surface area contributed by atoms with Crippen LogP contribution in [0, 0.1) is 34.6 Å². The van der Waals surface area contributed by atoms with Gasteiger partial charge in [-0.3, -0.25) is 0 Å². The maximum Gasteiger partial charge on any atom is 0.227 e. The third kappa shape index (κ3) is 17.4. The Labute approximate surface area is 827 Å². The van der Waals surface area contributed by atoms with E-state index < -0.39 is 44.8 Å². The molecule has 0 spiro atoms. The fraction of sp³-hybridized carbons (Fsp3) is 0.287.